The first-order valence-corrected chi connectivity index (χ1v) is 6.55. The van der Waals surface area contributed by atoms with Crippen LogP contribution in [0.4, 0.5) is 5.69 Å². The molecule has 1 aliphatic heterocycles. The van der Waals surface area contributed by atoms with E-state index in [1.165, 1.54) is 5.56 Å². The summed E-state index contributed by atoms with van der Waals surface area (Å²) >= 11 is 0. The predicted octanol–water partition coefficient (Wildman–Crippen LogP) is 1.68. The number of ether oxygens (including phenoxy) is 2. The van der Waals surface area contributed by atoms with Crippen molar-refractivity contribution in [3.05, 3.63) is 23.8 Å². The van der Waals surface area contributed by atoms with Gasteiger partial charge in [0.2, 0.25) is 0 Å². The standard InChI is InChI=1S/C14H22N2O2/c1-12-3-4-13(15)14(11-12)18-8-2-5-16-6-9-17-10-7-16/h3-4,11H,2,5-10,15H2,1H3. The minimum Gasteiger partial charge on any atom is -0.491 e. The smallest absolute Gasteiger partial charge is 0.142 e. The molecule has 18 heavy (non-hydrogen) atoms. The number of rotatable bonds is 5. The number of morpholine rings is 1. The molecule has 1 saturated heterocycles. The maximum atomic E-state index is 5.86. The van der Waals surface area contributed by atoms with E-state index in [4.69, 9.17) is 15.2 Å². The molecule has 0 unspecified atom stereocenters. The second-order valence-corrected chi connectivity index (χ2v) is 4.70. The molecule has 0 aromatic heterocycles. The van der Waals surface area contributed by atoms with Crippen molar-refractivity contribution in [1.29, 1.82) is 0 Å². The SMILES string of the molecule is Cc1ccc(N)c(OCCCN2CCOCC2)c1. The van der Waals surface area contributed by atoms with Crippen LogP contribution in [0.5, 0.6) is 5.75 Å². The summed E-state index contributed by atoms with van der Waals surface area (Å²) in [5.41, 5.74) is 7.75. The average Bonchev–Trinajstić information content (AvgIpc) is 2.40. The molecule has 1 aromatic carbocycles. The minimum atomic E-state index is 0.713. The van der Waals surface area contributed by atoms with Crippen molar-refractivity contribution < 1.29 is 9.47 Å². The number of nitrogens with two attached hydrogens (primary N) is 1. The van der Waals surface area contributed by atoms with E-state index < -0.39 is 0 Å². The highest BCUT2D eigenvalue weighted by molar-refractivity contribution is 5.53. The largest absolute Gasteiger partial charge is 0.491 e. The van der Waals surface area contributed by atoms with Gasteiger partial charge in [0.05, 0.1) is 25.5 Å². The molecular weight excluding hydrogens is 228 g/mol. The number of nitrogen functional groups attached to an aromatic ring is 1. The molecular formula is C14H22N2O2. The molecule has 100 valence electrons. The first-order chi connectivity index (χ1) is 8.75. The molecule has 0 spiro atoms. The lowest BCUT2D eigenvalue weighted by Crippen LogP contribution is -2.37. The van der Waals surface area contributed by atoms with E-state index in [0.717, 1.165) is 45.0 Å². The van der Waals surface area contributed by atoms with E-state index >= 15 is 0 Å². The Morgan fingerprint density at radius 3 is 2.89 bits per heavy atom. The van der Waals surface area contributed by atoms with Gasteiger partial charge in [-0.3, -0.25) is 4.90 Å². The number of hydrogen-bond acceptors (Lipinski definition) is 4. The van der Waals surface area contributed by atoms with Crippen LogP contribution in [0.15, 0.2) is 18.2 Å². The Labute approximate surface area is 109 Å². The summed E-state index contributed by atoms with van der Waals surface area (Å²) in [5, 5.41) is 0. The Morgan fingerprint density at radius 1 is 1.33 bits per heavy atom. The summed E-state index contributed by atoms with van der Waals surface area (Å²) < 4.78 is 11.0. The van der Waals surface area contributed by atoms with Gasteiger partial charge in [0.25, 0.3) is 0 Å². The molecule has 2 N–H and O–H groups in total. The zero-order valence-electron chi connectivity index (χ0n) is 11.0. The van der Waals surface area contributed by atoms with Gasteiger partial charge >= 0.3 is 0 Å². The van der Waals surface area contributed by atoms with Crippen LogP contribution < -0.4 is 10.5 Å². The monoisotopic (exact) mass is 250 g/mol. The summed E-state index contributed by atoms with van der Waals surface area (Å²) in [6, 6.07) is 5.88. The third-order valence-electron chi connectivity index (χ3n) is 3.15. The third-order valence-corrected chi connectivity index (χ3v) is 3.15. The van der Waals surface area contributed by atoms with Crippen LogP contribution >= 0.6 is 0 Å². The lowest BCUT2D eigenvalue weighted by atomic mass is 10.2. The van der Waals surface area contributed by atoms with Gasteiger partial charge in [-0.15, -0.1) is 0 Å². The van der Waals surface area contributed by atoms with E-state index in [-0.39, 0.29) is 0 Å². The third kappa shape index (κ3) is 3.89. The fraction of sp³-hybridized carbons (Fsp3) is 0.571. The summed E-state index contributed by atoms with van der Waals surface area (Å²) in [6.07, 6.45) is 1.02. The second-order valence-electron chi connectivity index (χ2n) is 4.70. The molecule has 1 aromatic rings. The maximum absolute atomic E-state index is 5.86. The number of nitrogens with zero attached hydrogens (tertiary/aromatic N) is 1. The fourth-order valence-corrected chi connectivity index (χ4v) is 2.06. The average molecular weight is 250 g/mol. The van der Waals surface area contributed by atoms with E-state index in [0.29, 0.717) is 12.3 Å². The van der Waals surface area contributed by atoms with Gasteiger partial charge in [-0.05, 0) is 31.0 Å². The number of benzene rings is 1. The number of anilines is 1. The lowest BCUT2D eigenvalue weighted by molar-refractivity contribution is 0.0358. The van der Waals surface area contributed by atoms with Crippen molar-refractivity contribution in [2.75, 3.05) is 45.2 Å². The van der Waals surface area contributed by atoms with Crippen LogP contribution in [-0.4, -0.2) is 44.4 Å². The van der Waals surface area contributed by atoms with Crippen LogP contribution in [0.3, 0.4) is 0 Å². The molecule has 1 aliphatic rings. The fourth-order valence-electron chi connectivity index (χ4n) is 2.06. The van der Waals surface area contributed by atoms with Crippen molar-refractivity contribution in [3.63, 3.8) is 0 Å². The van der Waals surface area contributed by atoms with Gasteiger partial charge < -0.3 is 15.2 Å². The summed E-state index contributed by atoms with van der Waals surface area (Å²) in [6.45, 7) is 7.59. The van der Waals surface area contributed by atoms with Crippen molar-refractivity contribution in [2.45, 2.75) is 13.3 Å². The summed E-state index contributed by atoms with van der Waals surface area (Å²) in [7, 11) is 0. The van der Waals surface area contributed by atoms with E-state index in [1.54, 1.807) is 0 Å². The van der Waals surface area contributed by atoms with Gasteiger partial charge in [0, 0.05) is 19.6 Å². The van der Waals surface area contributed by atoms with Crippen LogP contribution in [0, 0.1) is 6.92 Å². The molecule has 1 heterocycles. The predicted molar refractivity (Wildman–Crippen MR) is 73.0 cm³/mol. The highest BCUT2D eigenvalue weighted by Gasteiger charge is 2.09. The summed E-state index contributed by atoms with van der Waals surface area (Å²) in [4.78, 5) is 2.41. The van der Waals surface area contributed by atoms with Crippen LogP contribution in [0.1, 0.15) is 12.0 Å². The zero-order chi connectivity index (χ0) is 12.8. The highest BCUT2D eigenvalue weighted by Crippen LogP contribution is 2.22. The number of hydrogen-bond donors (Lipinski definition) is 1. The Hall–Kier alpha value is -1.26. The van der Waals surface area contributed by atoms with Gasteiger partial charge in [0.1, 0.15) is 5.75 Å². The van der Waals surface area contributed by atoms with Crippen molar-refractivity contribution in [2.24, 2.45) is 0 Å². The topological polar surface area (TPSA) is 47.7 Å². The lowest BCUT2D eigenvalue weighted by Gasteiger charge is -2.26. The molecule has 0 aliphatic carbocycles. The molecule has 0 amide bonds. The van der Waals surface area contributed by atoms with Crippen LogP contribution in [0.2, 0.25) is 0 Å². The molecule has 4 nitrogen and oxygen atoms in total. The van der Waals surface area contributed by atoms with Crippen molar-refractivity contribution in [3.8, 4) is 5.75 Å². The molecule has 0 atom stereocenters. The molecule has 1 fully saturated rings. The minimum absolute atomic E-state index is 0.713. The van der Waals surface area contributed by atoms with E-state index in [9.17, 15) is 0 Å². The van der Waals surface area contributed by atoms with Crippen LogP contribution in [0.25, 0.3) is 0 Å². The quantitative estimate of drug-likeness (QED) is 0.638. The Balaban J connectivity index is 1.69. The molecule has 2 rings (SSSR count). The van der Waals surface area contributed by atoms with Crippen molar-refractivity contribution >= 4 is 5.69 Å². The zero-order valence-corrected chi connectivity index (χ0v) is 11.0. The van der Waals surface area contributed by atoms with Gasteiger partial charge in [-0.1, -0.05) is 6.07 Å². The molecule has 0 radical (unpaired) electrons. The summed E-state index contributed by atoms with van der Waals surface area (Å²) in [5.74, 6) is 0.803. The molecule has 0 saturated carbocycles. The van der Waals surface area contributed by atoms with Crippen LogP contribution in [-0.2, 0) is 4.74 Å². The molecule has 4 heteroatoms. The van der Waals surface area contributed by atoms with E-state index in [1.807, 2.05) is 25.1 Å². The molecule has 0 bridgehead atoms. The number of aryl methyl sites for hydroxylation is 1. The van der Waals surface area contributed by atoms with Gasteiger partial charge in [0.15, 0.2) is 0 Å². The first-order valence-electron chi connectivity index (χ1n) is 6.55. The Morgan fingerprint density at radius 2 is 2.11 bits per heavy atom. The maximum Gasteiger partial charge on any atom is 0.142 e. The van der Waals surface area contributed by atoms with E-state index in [2.05, 4.69) is 4.90 Å². The van der Waals surface area contributed by atoms with Gasteiger partial charge in [-0.2, -0.15) is 0 Å². The highest BCUT2D eigenvalue weighted by atomic mass is 16.5. The normalized spacial score (nSPS) is 16.7. The first kappa shape index (κ1) is 13.2. The van der Waals surface area contributed by atoms with Gasteiger partial charge in [-0.25, -0.2) is 0 Å². The Bertz CT molecular complexity index is 376. The Kier molecular flexibility index (Phi) is 4.84. The van der Waals surface area contributed by atoms with Crippen molar-refractivity contribution in [1.82, 2.24) is 4.90 Å². The second kappa shape index (κ2) is 6.61.